The summed E-state index contributed by atoms with van der Waals surface area (Å²) in [5.74, 6) is 1.67. The van der Waals surface area contributed by atoms with Crippen LogP contribution in [0.3, 0.4) is 0 Å². The van der Waals surface area contributed by atoms with Gasteiger partial charge in [0.25, 0.3) is 0 Å². The van der Waals surface area contributed by atoms with Crippen LogP contribution in [0.25, 0.3) is 21.9 Å². The van der Waals surface area contributed by atoms with Crippen LogP contribution in [0.1, 0.15) is 13.2 Å². The fourth-order valence-electron chi connectivity index (χ4n) is 3.98. The van der Waals surface area contributed by atoms with Gasteiger partial charge >= 0.3 is 0 Å². The van der Waals surface area contributed by atoms with E-state index in [-0.39, 0.29) is 6.61 Å². The number of hydrogen-bond acceptors (Lipinski definition) is 9. The summed E-state index contributed by atoms with van der Waals surface area (Å²) in [7, 11) is 1.81. The lowest BCUT2D eigenvalue weighted by molar-refractivity contribution is -0.0765. The van der Waals surface area contributed by atoms with Gasteiger partial charge in [0.1, 0.15) is 53.8 Å². The third-order valence-electron chi connectivity index (χ3n) is 5.96. The van der Waals surface area contributed by atoms with Crippen molar-refractivity contribution in [3.63, 3.8) is 0 Å². The lowest BCUT2D eigenvalue weighted by atomic mass is 9.95. The molecule has 32 heavy (non-hydrogen) atoms. The highest BCUT2D eigenvalue weighted by atomic mass is 16.6. The van der Waals surface area contributed by atoms with Crippen molar-refractivity contribution in [2.75, 3.05) is 24.7 Å². The zero-order chi connectivity index (χ0) is 22.5. The molecule has 4 atom stereocenters. The van der Waals surface area contributed by atoms with Crippen LogP contribution in [-0.4, -0.2) is 61.2 Å². The van der Waals surface area contributed by atoms with Crippen molar-refractivity contribution in [2.24, 2.45) is 0 Å². The Morgan fingerprint density at radius 2 is 2.06 bits per heavy atom. The number of fused-ring (bicyclic) bond motifs is 2. The molecule has 0 amide bonds. The second-order valence-electron chi connectivity index (χ2n) is 8.02. The summed E-state index contributed by atoms with van der Waals surface area (Å²) in [5, 5.41) is 26.5. The summed E-state index contributed by atoms with van der Waals surface area (Å²) >= 11 is 0. The van der Waals surface area contributed by atoms with Gasteiger partial charge in [0.05, 0.1) is 10.9 Å². The molecule has 0 radical (unpaired) electrons. The number of ether oxygens (including phenoxy) is 2. The number of benzene rings is 1. The van der Waals surface area contributed by atoms with Gasteiger partial charge in [0.2, 0.25) is 0 Å². The number of nitrogens with two attached hydrogens (primary N) is 1. The first-order chi connectivity index (χ1) is 15.4. The molecule has 1 unspecified atom stereocenters. The molecular formula is C22H24N6O4. The molecule has 166 valence electrons. The van der Waals surface area contributed by atoms with E-state index in [0.717, 1.165) is 16.7 Å². The van der Waals surface area contributed by atoms with Gasteiger partial charge in [-0.25, -0.2) is 15.0 Å². The molecule has 4 aromatic rings. The summed E-state index contributed by atoms with van der Waals surface area (Å²) in [4.78, 5) is 12.7. The van der Waals surface area contributed by atoms with Gasteiger partial charge in [0.15, 0.2) is 6.23 Å². The molecule has 1 saturated heterocycles. The topological polar surface area (TPSA) is 141 Å². The summed E-state index contributed by atoms with van der Waals surface area (Å²) < 4.78 is 13.6. The normalized spacial score (nSPS) is 25.4. The molecule has 1 fully saturated rings. The second-order valence-corrected chi connectivity index (χ2v) is 8.02. The van der Waals surface area contributed by atoms with Crippen molar-refractivity contribution in [3.05, 3.63) is 48.9 Å². The number of aromatic nitrogens is 4. The largest absolute Gasteiger partial charge is 0.491 e. The van der Waals surface area contributed by atoms with Crippen LogP contribution in [0, 0.1) is 0 Å². The van der Waals surface area contributed by atoms with Crippen molar-refractivity contribution in [1.29, 1.82) is 0 Å². The first-order valence-electron chi connectivity index (χ1n) is 10.2. The Balaban J connectivity index is 1.37. The van der Waals surface area contributed by atoms with Crippen LogP contribution < -0.4 is 15.8 Å². The van der Waals surface area contributed by atoms with E-state index in [9.17, 15) is 10.2 Å². The Hall–Kier alpha value is -3.47. The highest BCUT2D eigenvalue weighted by Gasteiger charge is 2.53. The van der Waals surface area contributed by atoms with E-state index in [0.29, 0.717) is 22.6 Å². The van der Waals surface area contributed by atoms with Gasteiger partial charge in [0, 0.05) is 24.7 Å². The highest BCUT2D eigenvalue weighted by Crippen LogP contribution is 2.39. The third-order valence-corrected chi connectivity index (χ3v) is 5.96. The number of aliphatic hydroxyl groups excluding tert-OH is 1. The van der Waals surface area contributed by atoms with E-state index < -0.39 is 24.0 Å². The number of aliphatic hydroxyl groups is 2. The maximum atomic E-state index is 11.0. The maximum Gasteiger partial charge on any atom is 0.164 e. The van der Waals surface area contributed by atoms with Crippen LogP contribution in [0.2, 0.25) is 0 Å². The lowest BCUT2D eigenvalue weighted by Crippen LogP contribution is -2.47. The number of pyridine rings is 1. The van der Waals surface area contributed by atoms with Gasteiger partial charge in [-0.3, -0.25) is 0 Å². The summed E-state index contributed by atoms with van der Waals surface area (Å²) in [6.07, 6.45) is 0.200. The van der Waals surface area contributed by atoms with Crippen molar-refractivity contribution < 1.29 is 19.7 Å². The van der Waals surface area contributed by atoms with Gasteiger partial charge < -0.3 is 35.3 Å². The number of nitrogens with zero attached hydrogens (tertiary/aromatic N) is 4. The molecule has 0 aliphatic carbocycles. The van der Waals surface area contributed by atoms with Gasteiger partial charge in [-0.1, -0.05) is 0 Å². The average Bonchev–Trinajstić information content (AvgIpc) is 3.31. The van der Waals surface area contributed by atoms with Crippen molar-refractivity contribution in [3.8, 4) is 5.75 Å². The summed E-state index contributed by atoms with van der Waals surface area (Å²) in [6.45, 7) is 1.57. The molecule has 5 N–H and O–H groups in total. The Bertz CT molecular complexity index is 1290. The number of rotatable bonds is 5. The molecule has 10 heteroatoms. The Morgan fingerprint density at radius 3 is 2.88 bits per heavy atom. The lowest BCUT2D eigenvalue weighted by Gasteiger charge is -2.26. The van der Waals surface area contributed by atoms with E-state index >= 15 is 0 Å². The van der Waals surface area contributed by atoms with Crippen molar-refractivity contribution >= 4 is 33.6 Å². The number of nitrogens with one attached hydrogen (secondary N) is 1. The molecule has 3 aromatic heterocycles. The van der Waals surface area contributed by atoms with Crippen LogP contribution in [0.4, 0.5) is 11.6 Å². The van der Waals surface area contributed by atoms with Crippen LogP contribution in [0.15, 0.2) is 48.9 Å². The SMILES string of the molecule is CNc1ccc2ccc(OC[C@H]3OC(n4ccc5c(N)ncnc54)[C@H](O)[C@]3(C)O)cc2n1. The monoisotopic (exact) mass is 436 g/mol. The molecule has 0 bridgehead atoms. The minimum atomic E-state index is -1.55. The Kier molecular flexibility index (Phi) is 4.85. The smallest absolute Gasteiger partial charge is 0.164 e. The fraction of sp³-hybridized carbons (Fsp3) is 0.318. The zero-order valence-electron chi connectivity index (χ0n) is 17.6. The van der Waals surface area contributed by atoms with Gasteiger partial charge in [-0.2, -0.15) is 0 Å². The molecule has 0 saturated carbocycles. The first-order valence-corrected chi connectivity index (χ1v) is 10.2. The van der Waals surface area contributed by atoms with E-state index in [1.54, 1.807) is 16.8 Å². The van der Waals surface area contributed by atoms with Crippen LogP contribution in [0.5, 0.6) is 5.75 Å². The average molecular weight is 436 g/mol. The van der Waals surface area contributed by atoms with E-state index in [1.807, 2.05) is 37.4 Å². The van der Waals surface area contributed by atoms with Crippen LogP contribution in [-0.2, 0) is 4.74 Å². The number of nitrogen functional groups attached to an aromatic ring is 1. The maximum absolute atomic E-state index is 11.0. The number of hydrogen-bond donors (Lipinski definition) is 4. The van der Waals surface area contributed by atoms with E-state index in [2.05, 4.69) is 20.3 Å². The molecule has 1 aromatic carbocycles. The highest BCUT2D eigenvalue weighted by molar-refractivity contribution is 5.86. The minimum absolute atomic E-state index is 0.0358. The van der Waals surface area contributed by atoms with Crippen LogP contribution >= 0.6 is 0 Å². The molecule has 1 aliphatic heterocycles. The van der Waals surface area contributed by atoms with Crippen molar-refractivity contribution in [1.82, 2.24) is 19.5 Å². The Labute approximate surface area is 183 Å². The molecule has 0 spiro atoms. The predicted molar refractivity (Wildman–Crippen MR) is 119 cm³/mol. The summed E-state index contributed by atoms with van der Waals surface area (Å²) in [5.41, 5.74) is 5.65. The zero-order valence-corrected chi connectivity index (χ0v) is 17.6. The Morgan fingerprint density at radius 1 is 1.25 bits per heavy atom. The standard InChI is InChI=1S/C22H24N6O4/c1-22(30)16(10-31-13-5-3-12-4-6-17(24-2)27-15(12)9-13)32-21(18(22)29)28-8-7-14-19(23)25-11-26-20(14)28/h3-9,11,16,18,21,29-30H,10H2,1-2H3,(H,24,27)(H2,23,25,26)/t16-,18+,21?,22-/m1/s1. The number of anilines is 2. The minimum Gasteiger partial charge on any atom is -0.491 e. The van der Waals surface area contributed by atoms with E-state index in [4.69, 9.17) is 15.2 Å². The second kappa shape index (κ2) is 7.59. The van der Waals surface area contributed by atoms with Gasteiger partial charge in [-0.15, -0.1) is 0 Å². The predicted octanol–water partition coefficient (Wildman–Crippen LogP) is 1.69. The third kappa shape index (κ3) is 3.29. The van der Waals surface area contributed by atoms with Gasteiger partial charge in [-0.05, 0) is 37.3 Å². The summed E-state index contributed by atoms with van der Waals surface area (Å²) in [6, 6.07) is 11.2. The molecule has 1 aliphatic rings. The van der Waals surface area contributed by atoms with Crippen molar-refractivity contribution in [2.45, 2.75) is 31.0 Å². The first kappa shape index (κ1) is 20.4. The molecule has 5 rings (SSSR count). The molecular weight excluding hydrogens is 412 g/mol. The van der Waals surface area contributed by atoms with E-state index in [1.165, 1.54) is 13.3 Å². The molecule has 4 heterocycles. The fourth-order valence-corrected chi connectivity index (χ4v) is 3.98. The molecule has 10 nitrogen and oxygen atoms in total. The quantitative estimate of drug-likeness (QED) is 0.368.